The van der Waals surface area contributed by atoms with Crippen LogP contribution in [0.3, 0.4) is 0 Å². The first kappa shape index (κ1) is 43.4. The van der Waals surface area contributed by atoms with Crippen LogP contribution in [0, 0.1) is 34.5 Å². The highest BCUT2D eigenvalue weighted by molar-refractivity contribution is 5.75. The van der Waals surface area contributed by atoms with Gasteiger partial charge in [0.25, 0.3) is 0 Å². The third kappa shape index (κ3) is 7.96. The van der Waals surface area contributed by atoms with Gasteiger partial charge in [0, 0.05) is 61.0 Å². The van der Waals surface area contributed by atoms with Crippen LogP contribution in [0.5, 0.6) is 0 Å². The molecule has 1 heterocycles. The number of fused-ring (bicyclic) bond motifs is 3. The molecular weight excluding hydrogens is 713 g/mol. The van der Waals surface area contributed by atoms with E-state index in [0.717, 1.165) is 49.7 Å². The molecule has 0 saturated heterocycles. The van der Waals surface area contributed by atoms with Crippen molar-refractivity contribution < 1.29 is 30.0 Å². The molecule has 0 radical (unpaired) electrons. The molecule has 9 unspecified atom stereocenters. The van der Waals surface area contributed by atoms with Gasteiger partial charge in [-0.25, -0.2) is 0 Å². The average Bonchev–Trinajstić information content (AvgIpc) is 3.52. The van der Waals surface area contributed by atoms with Crippen molar-refractivity contribution in [3.8, 4) is 0 Å². The molecule has 6 rings (SSSR count). The largest absolute Gasteiger partial charge is 0.396 e. The predicted molar refractivity (Wildman–Crippen MR) is 228 cm³/mol. The molecule has 4 bridgehead atoms. The van der Waals surface area contributed by atoms with E-state index in [1.54, 1.807) is 7.11 Å². The van der Waals surface area contributed by atoms with Crippen LogP contribution in [0.1, 0.15) is 76.8 Å². The van der Waals surface area contributed by atoms with Crippen LogP contribution in [0.25, 0.3) is 0 Å². The zero-order chi connectivity index (χ0) is 41.1. The third-order valence-corrected chi connectivity index (χ3v) is 14.7. The van der Waals surface area contributed by atoms with Crippen LogP contribution in [-0.4, -0.2) is 90.5 Å². The highest BCUT2D eigenvalue weighted by Gasteiger charge is 2.77. The molecule has 1 aromatic rings. The van der Waals surface area contributed by atoms with Crippen LogP contribution >= 0.6 is 0 Å². The van der Waals surface area contributed by atoms with Crippen molar-refractivity contribution in [2.75, 3.05) is 47.1 Å². The van der Waals surface area contributed by atoms with Crippen molar-refractivity contribution in [2.45, 2.75) is 95.3 Å². The number of aliphatic hydroxyl groups excluding tert-OH is 2. The molecule has 310 valence electrons. The van der Waals surface area contributed by atoms with Gasteiger partial charge < -0.3 is 35.8 Å². The normalized spacial score (nSPS) is 37.3. The molecule has 57 heavy (non-hydrogen) atoms. The summed E-state index contributed by atoms with van der Waals surface area (Å²) < 4.78 is 5.46. The Morgan fingerprint density at radius 3 is 2.63 bits per heavy atom. The number of carbonyl (C=O) groups excluding carboxylic acids is 1. The van der Waals surface area contributed by atoms with Crippen molar-refractivity contribution in [2.24, 2.45) is 34.5 Å². The van der Waals surface area contributed by atoms with E-state index in [1.165, 1.54) is 16.7 Å². The Labute approximate surface area is 341 Å². The summed E-state index contributed by atoms with van der Waals surface area (Å²) in [5.74, 6) is -0.847. The van der Waals surface area contributed by atoms with Gasteiger partial charge in [-0.05, 0) is 120 Å². The maximum absolute atomic E-state index is 13.3. The number of nitrogens with one attached hydrogen (secondary N) is 2. The smallest absolute Gasteiger partial charge is 0.145 e. The molecule has 8 nitrogen and oxygen atoms in total. The summed E-state index contributed by atoms with van der Waals surface area (Å²) in [5, 5.41) is 54.8. The molecule has 9 atom stereocenters. The minimum atomic E-state index is -1.52. The highest BCUT2D eigenvalue weighted by atomic mass is 16.5. The fourth-order valence-electron chi connectivity index (χ4n) is 11.7. The van der Waals surface area contributed by atoms with Gasteiger partial charge in [0.1, 0.15) is 6.29 Å². The van der Waals surface area contributed by atoms with Gasteiger partial charge in [-0.1, -0.05) is 96.2 Å². The van der Waals surface area contributed by atoms with Gasteiger partial charge in [0.15, 0.2) is 0 Å². The Hall–Kier alpha value is -3.21. The van der Waals surface area contributed by atoms with Crippen LogP contribution in [0.4, 0.5) is 0 Å². The number of hydrogen-bond donors (Lipinski definition) is 6. The van der Waals surface area contributed by atoms with E-state index < -0.39 is 33.9 Å². The molecule has 5 aliphatic rings. The SMILES string of the molecule is C=C(C=CC=C(CO)C1CCC23C4C(=C(C)C=O)C(C=CC4(CCO)C=CC12O)CC3(O)CCNC)C1CC=C(C)CNC(C)(CCOC)Cc2cccc(c2)C1. The molecule has 1 spiro atoms. The van der Waals surface area contributed by atoms with E-state index in [4.69, 9.17) is 4.74 Å². The number of aliphatic hydroxyl groups is 4. The predicted octanol–water partition coefficient (Wildman–Crippen LogP) is 6.28. The van der Waals surface area contributed by atoms with E-state index in [1.807, 2.05) is 44.4 Å². The van der Waals surface area contributed by atoms with Crippen LogP contribution in [0.15, 0.2) is 107 Å². The molecule has 4 aliphatic carbocycles. The second kappa shape index (κ2) is 17.6. The lowest BCUT2D eigenvalue weighted by Crippen LogP contribution is -2.72. The fourth-order valence-corrected chi connectivity index (χ4v) is 11.7. The zero-order valence-electron chi connectivity index (χ0n) is 35.0. The molecule has 8 heteroatoms. The van der Waals surface area contributed by atoms with Crippen molar-refractivity contribution in [3.63, 3.8) is 0 Å². The molecule has 0 aromatic heterocycles. The van der Waals surface area contributed by atoms with Crippen molar-refractivity contribution in [1.82, 2.24) is 10.6 Å². The van der Waals surface area contributed by atoms with Crippen LogP contribution in [0.2, 0.25) is 0 Å². The quantitative estimate of drug-likeness (QED) is 0.0564. The highest BCUT2D eigenvalue weighted by Crippen LogP contribution is 2.75. The first-order valence-corrected chi connectivity index (χ1v) is 21.2. The van der Waals surface area contributed by atoms with E-state index in [0.29, 0.717) is 56.4 Å². The number of methoxy groups -OCH3 is 1. The number of benzene rings is 1. The summed E-state index contributed by atoms with van der Waals surface area (Å²) >= 11 is 0. The second-order valence-electron chi connectivity index (χ2n) is 18.2. The van der Waals surface area contributed by atoms with Gasteiger partial charge in [-0.2, -0.15) is 0 Å². The van der Waals surface area contributed by atoms with Gasteiger partial charge >= 0.3 is 0 Å². The fraction of sp³-hybridized carbons (Fsp3) is 0.571. The van der Waals surface area contributed by atoms with E-state index in [-0.39, 0.29) is 30.6 Å². The summed E-state index contributed by atoms with van der Waals surface area (Å²) in [5.41, 5.74) is 2.55. The van der Waals surface area contributed by atoms with E-state index in [2.05, 4.69) is 73.6 Å². The summed E-state index contributed by atoms with van der Waals surface area (Å²) in [6, 6.07) is 8.89. The molecule has 6 N–H and O–H groups in total. The third-order valence-electron chi connectivity index (χ3n) is 14.7. The molecule has 1 aliphatic heterocycles. The van der Waals surface area contributed by atoms with E-state index in [9.17, 15) is 25.2 Å². The van der Waals surface area contributed by atoms with Crippen molar-refractivity contribution in [3.05, 3.63) is 118 Å². The Balaban J connectivity index is 1.33. The Morgan fingerprint density at radius 1 is 1.12 bits per heavy atom. The van der Waals surface area contributed by atoms with Crippen molar-refractivity contribution >= 4 is 6.29 Å². The summed E-state index contributed by atoms with van der Waals surface area (Å²) in [4.78, 5) is 12.5. The Bertz CT molecular complexity index is 1840. The average molecular weight is 781 g/mol. The lowest BCUT2D eigenvalue weighted by molar-refractivity contribution is -0.233. The minimum absolute atomic E-state index is 0.0698. The van der Waals surface area contributed by atoms with Gasteiger partial charge in [-0.15, -0.1) is 0 Å². The minimum Gasteiger partial charge on any atom is -0.396 e. The standard InChI is InChI=1S/C49H68N2O6/c1-34-13-14-39(28-37-10-8-11-38(27-37)29-45(4,51-31-34)23-26-57-6)35(2)9-7-12-41(33-54)42-16-18-48-44-43(36(3)32-53)40(30-47(48,55)21-24-50-5)15-17-46(44,22-25-52)19-20-49(42,48)56/h7-13,15,17,19-20,27,32,39-40,42,44,50-52,54-56H,2,14,16,18,21-26,28-31,33H2,1,3-6H3. The van der Waals surface area contributed by atoms with E-state index >= 15 is 0 Å². The molecule has 2 saturated carbocycles. The Kier molecular flexibility index (Phi) is 13.4. The zero-order valence-corrected chi connectivity index (χ0v) is 35.0. The first-order valence-electron chi connectivity index (χ1n) is 21.2. The lowest BCUT2D eigenvalue weighted by Gasteiger charge is -2.68. The van der Waals surface area contributed by atoms with Gasteiger partial charge in [-0.3, -0.25) is 4.79 Å². The number of carbonyl (C=O) groups is 1. The summed E-state index contributed by atoms with van der Waals surface area (Å²) in [6.07, 6.45) is 23.2. The van der Waals surface area contributed by atoms with Crippen LogP contribution in [-0.2, 0) is 22.4 Å². The molecule has 0 amide bonds. The maximum Gasteiger partial charge on any atom is 0.145 e. The number of hydrogen-bond acceptors (Lipinski definition) is 8. The number of ether oxygens (including phenoxy) is 1. The van der Waals surface area contributed by atoms with Gasteiger partial charge in [0.05, 0.1) is 17.8 Å². The molecule has 1 aromatic carbocycles. The molecule has 2 fully saturated rings. The van der Waals surface area contributed by atoms with Crippen molar-refractivity contribution in [1.29, 1.82) is 0 Å². The Morgan fingerprint density at radius 2 is 1.91 bits per heavy atom. The lowest BCUT2D eigenvalue weighted by atomic mass is 9.37. The number of rotatable bonds is 14. The van der Waals surface area contributed by atoms with Gasteiger partial charge in [0.2, 0.25) is 0 Å². The number of allylic oxidation sites excluding steroid dienone is 10. The van der Waals surface area contributed by atoms with Crippen LogP contribution < -0.4 is 10.6 Å². The summed E-state index contributed by atoms with van der Waals surface area (Å²) in [7, 11) is 3.63. The number of aldehydes is 1. The maximum atomic E-state index is 13.3. The second-order valence-corrected chi connectivity index (χ2v) is 18.2. The first-order chi connectivity index (χ1) is 27.3. The summed E-state index contributed by atoms with van der Waals surface area (Å²) in [6.45, 7) is 12.6. The molecular formula is C49H68N2O6. The monoisotopic (exact) mass is 781 g/mol. The topological polar surface area (TPSA) is 131 Å².